The van der Waals surface area contributed by atoms with Gasteiger partial charge >= 0.3 is 0 Å². The molecule has 2 saturated heterocycles. The zero-order valence-electron chi connectivity index (χ0n) is 15.1. The predicted octanol–water partition coefficient (Wildman–Crippen LogP) is 0.437. The maximum absolute atomic E-state index is 13.2. The van der Waals surface area contributed by atoms with Gasteiger partial charge in [0.2, 0.25) is 11.7 Å². The van der Waals surface area contributed by atoms with E-state index in [4.69, 9.17) is 0 Å². The van der Waals surface area contributed by atoms with Crippen LogP contribution in [0.5, 0.6) is 0 Å². The highest BCUT2D eigenvalue weighted by Gasteiger charge is 2.60. The van der Waals surface area contributed by atoms with Gasteiger partial charge < -0.3 is 10.2 Å². The van der Waals surface area contributed by atoms with Crippen molar-refractivity contribution >= 4 is 11.8 Å². The molecule has 1 aliphatic carbocycles. The largest absolute Gasteiger partial charge is 0.353 e. The number of fused-ring (bicyclic) bond motifs is 2. The molecule has 3 aliphatic rings. The van der Waals surface area contributed by atoms with Crippen LogP contribution in [-0.2, 0) is 4.79 Å². The topological polar surface area (TPSA) is 122 Å². The van der Waals surface area contributed by atoms with Crippen molar-refractivity contribution in [3.8, 4) is 5.95 Å². The summed E-state index contributed by atoms with van der Waals surface area (Å²) in [6.07, 6.45) is 8.32. The third kappa shape index (κ3) is 2.46. The van der Waals surface area contributed by atoms with Crippen LogP contribution in [0.1, 0.15) is 56.1 Å². The van der Waals surface area contributed by atoms with Crippen LogP contribution in [0, 0.1) is 5.41 Å². The molecule has 10 heteroatoms. The number of carbonyl (C=O) groups is 2. The summed E-state index contributed by atoms with van der Waals surface area (Å²) in [6, 6.07) is 0.322. The summed E-state index contributed by atoms with van der Waals surface area (Å²) < 4.78 is 1.53. The van der Waals surface area contributed by atoms with Crippen LogP contribution >= 0.6 is 0 Å². The van der Waals surface area contributed by atoms with Crippen molar-refractivity contribution in [2.75, 3.05) is 0 Å². The van der Waals surface area contributed by atoms with Gasteiger partial charge in [0.15, 0.2) is 0 Å². The number of carbonyl (C=O) groups excluding carboxylic acids is 2. The monoisotopic (exact) mass is 370 g/mol. The minimum absolute atomic E-state index is 0.0795. The first kappa shape index (κ1) is 16.4. The normalized spacial score (nSPS) is 29.3. The lowest BCUT2D eigenvalue weighted by molar-refractivity contribution is -0.133. The van der Waals surface area contributed by atoms with Crippen LogP contribution in [0.2, 0.25) is 0 Å². The Morgan fingerprint density at radius 2 is 2.04 bits per heavy atom. The standard InChI is InChI=1S/C17H22N8O2/c1-2-17(15(27)20-10-3-4-10)7-11-5-6-12(17)25(11)14(26)13-21-16(23-22-13)24-8-18-19-9-24/h8-12H,2-7H2,1H3,(H,20,27)(H,21,22,23)/t11-,12+,17+/m1/s1. The van der Waals surface area contributed by atoms with Crippen LogP contribution in [-0.4, -0.2) is 64.8 Å². The summed E-state index contributed by atoms with van der Waals surface area (Å²) in [5.74, 6) is 0.428. The van der Waals surface area contributed by atoms with Crippen LogP contribution < -0.4 is 5.32 Å². The van der Waals surface area contributed by atoms with Gasteiger partial charge in [0, 0.05) is 18.1 Å². The van der Waals surface area contributed by atoms with Gasteiger partial charge in [-0.3, -0.25) is 19.3 Å². The quantitative estimate of drug-likeness (QED) is 0.787. The van der Waals surface area contributed by atoms with E-state index >= 15 is 0 Å². The van der Waals surface area contributed by atoms with Gasteiger partial charge in [0.05, 0.1) is 5.41 Å². The molecule has 1 saturated carbocycles. The first-order valence-electron chi connectivity index (χ1n) is 9.53. The molecule has 0 spiro atoms. The highest BCUT2D eigenvalue weighted by molar-refractivity contribution is 5.93. The Morgan fingerprint density at radius 1 is 1.26 bits per heavy atom. The van der Waals surface area contributed by atoms with E-state index in [1.54, 1.807) is 0 Å². The second kappa shape index (κ2) is 5.86. The van der Waals surface area contributed by atoms with Crippen molar-refractivity contribution in [3.05, 3.63) is 18.5 Å². The zero-order valence-corrected chi connectivity index (χ0v) is 15.1. The molecule has 2 aliphatic heterocycles. The Hall–Kier alpha value is -2.78. The fourth-order valence-electron chi connectivity index (χ4n) is 4.72. The van der Waals surface area contributed by atoms with Gasteiger partial charge in [-0.2, -0.15) is 4.98 Å². The lowest BCUT2D eigenvalue weighted by atomic mass is 9.71. The van der Waals surface area contributed by atoms with Crippen molar-refractivity contribution in [1.82, 2.24) is 40.2 Å². The van der Waals surface area contributed by atoms with Crippen molar-refractivity contribution < 1.29 is 9.59 Å². The number of H-pyrrole nitrogens is 1. The molecule has 3 atom stereocenters. The Kier molecular flexibility index (Phi) is 3.56. The van der Waals surface area contributed by atoms with Gasteiger partial charge in [0.25, 0.3) is 11.9 Å². The molecule has 2 N–H and O–H groups in total. The van der Waals surface area contributed by atoms with Gasteiger partial charge in [-0.15, -0.1) is 15.3 Å². The second-order valence-electron chi connectivity index (χ2n) is 7.77. The summed E-state index contributed by atoms with van der Waals surface area (Å²) in [5, 5.41) is 17.4. The van der Waals surface area contributed by atoms with E-state index in [-0.39, 0.29) is 29.7 Å². The molecule has 0 radical (unpaired) electrons. The van der Waals surface area contributed by atoms with Gasteiger partial charge in [-0.25, -0.2) is 0 Å². The van der Waals surface area contributed by atoms with Crippen LogP contribution in [0.15, 0.2) is 12.7 Å². The average molecular weight is 370 g/mol. The Labute approximate surface area is 155 Å². The van der Waals surface area contributed by atoms with Crippen molar-refractivity contribution in [1.29, 1.82) is 0 Å². The number of hydrogen-bond acceptors (Lipinski definition) is 6. The van der Waals surface area contributed by atoms with E-state index in [2.05, 4.69) is 37.6 Å². The van der Waals surface area contributed by atoms with Gasteiger partial charge in [-0.1, -0.05) is 6.92 Å². The lowest BCUT2D eigenvalue weighted by Gasteiger charge is -2.35. The summed E-state index contributed by atoms with van der Waals surface area (Å²) in [6.45, 7) is 2.05. The molecular weight excluding hydrogens is 348 g/mol. The van der Waals surface area contributed by atoms with Crippen molar-refractivity contribution in [2.45, 2.75) is 63.6 Å². The average Bonchev–Trinajstić information content (AvgIpc) is 3.15. The van der Waals surface area contributed by atoms with E-state index in [9.17, 15) is 9.59 Å². The third-order valence-corrected chi connectivity index (χ3v) is 6.30. The molecule has 27 heavy (non-hydrogen) atoms. The molecule has 0 aromatic carbocycles. The molecule has 2 aromatic rings. The second-order valence-corrected chi connectivity index (χ2v) is 7.77. The number of aromatic amines is 1. The maximum atomic E-state index is 13.2. The SMILES string of the molecule is CC[C@]1(C(=O)NC2CC2)C[C@H]2CC[C@@H]1N2C(=O)c1nc(-n2cnnc2)n[nH]1. The van der Waals surface area contributed by atoms with Gasteiger partial charge in [-0.05, 0) is 38.5 Å². The van der Waals surface area contributed by atoms with Crippen molar-refractivity contribution in [2.24, 2.45) is 5.41 Å². The van der Waals surface area contributed by atoms with Crippen molar-refractivity contribution in [3.63, 3.8) is 0 Å². The number of amides is 2. The van der Waals surface area contributed by atoms with E-state index < -0.39 is 5.41 Å². The summed E-state index contributed by atoms with van der Waals surface area (Å²) in [4.78, 5) is 32.3. The summed E-state index contributed by atoms with van der Waals surface area (Å²) >= 11 is 0. The minimum Gasteiger partial charge on any atom is -0.353 e. The molecule has 0 unspecified atom stereocenters. The van der Waals surface area contributed by atoms with E-state index in [0.717, 1.165) is 38.5 Å². The highest BCUT2D eigenvalue weighted by atomic mass is 16.2. The minimum atomic E-state index is -0.488. The van der Waals surface area contributed by atoms with E-state index in [1.165, 1.54) is 17.2 Å². The van der Waals surface area contributed by atoms with Crippen LogP contribution in [0.4, 0.5) is 0 Å². The third-order valence-electron chi connectivity index (χ3n) is 6.30. The summed E-state index contributed by atoms with van der Waals surface area (Å²) in [5.41, 5.74) is -0.488. The predicted molar refractivity (Wildman–Crippen MR) is 92.8 cm³/mol. The van der Waals surface area contributed by atoms with Crippen LogP contribution in [0.25, 0.3) is 5.95 Å². The number of nitrogens with one attached hydrogen (secondary N) is 2. The number of rotatable bonds is 5. The number of hydrogen-bond donors (Lipinski definition) is 2. The number of aromatic nitrogens is 6. The first-order chi connectivity index (χ1) is 13.1. The molecule has 4 heterocycles. The molecule has 5 rings (SSSR count). The molecule has 2 amide bonds. The van der Waals surface area contributed by atoms with E-state index in [0.29, 0.717) is 12.0 Å². The zero-order chi connectivity index (χ0) is 18.6. The summed E-state index contributed by atoms with van der Waals surface area (Å²) in [7, 11) is 0. The molecule has 2 bridgehead atoms. The fraction of sp³-hybridized carbons (Fsp3) is 0.647. The Bertz CT molecular complexity index is 873. The first-order valence-corrected chi connectivity index (χ1v) is 9.53. The molecule has 3 fully saturated rings. The van der Waals surface area contributed by atoms with E-state index in [1.807, 2.05) is 4.90 Å². The van der Waals surface area contributed by atoms with Crippen LogP contribution in [0.3, 0.4) is 0 Å². The molecule has 10 nitrogen and oxygen atoms in total. The van der Waals surface area contributed by atoms with Gasteiger partial charge in [0.1, 0.15) is 12.7 Å². The molecule has 142 valence electrons. The lowest BCUT2D eigenvalue weighted by Crippen LogP contribution is -2.50. The fourth-order valence-corrected chi connectivity index (χ4v) is 4.72. The highest BCUT2D eigenvalue weighted by Crippen LogP contribution is 2.52. The molecule has 2 aromatic heterocycles. The Balaban J connectivity index is 1.40. The smallest absolute Gasteiger partial charge is 0.291 e. The maximum Gasteiger partial charge on any atom is 0.291 e. The molecular formula is C17H22N8O2. The number of nitrogens with zero attached hydrogens (tertiary/aromatic N) is 6. The Morgan fingerprint density at radius 3 is 2.74 bits per heavy atom.